The van der Waals surface area contributed by atoms with Crippen molar-refractivity contribution in [3.63, 3.8) is 0 Å². The molecule has 1 aromatic carbocycles. The predicted molar refractivity (Wildman–Crippen MR) is 89.5 cm³/mol. The Labute approximate surface area is 143 Å². The zero-order valence-corrected chi connectivity index (χ0v) is 14.2. The molecular formula is C15H14N6O3S. The van der Waals surface area contributed by atoms with E-state index >= 15 is 0 Å². The number of nitriles is 1. The Morgan fingerprint density at radius 1 is 1.32 bits per heavy atom. The molecule has 0 unspecified atom stereocenters. The topological polar surface area (TPSA) is 140 Å². The maximum Gasteiger partial charge on any atom is 0.267 e. The lowest BCUT2D eigenvalue weighted by molar-refractivity contribution is 0.390. The van der Waals surface area contributed by atoms with Gasteiger partial charge in [0.15, 0.2) is 10.7 Å². The summed E-state index contributed by atoms with van der Waals surface area (Å²) in [6.45, 7) is 3.06. The molecule has 3 rings (SSSR count). The molecule has 0 amide bonds. The Hall–Kier alpha value is -3.32. The largest absolute Gasteiger partial charge is 0.382 e. The molecule has 3 N–H and O–H groups in total. The van der Waals surface area contributed by atoms with Crippen LogP contribution in [0.3, 0.4) is 0 Å². The third-order valence-electron chi connectivity index (χ3n) is 3.54. The second-order valence-corrected chi connectivity index (χ2v) is 6.86. The molecule has 10 heteroatoms. The summed E-state index contributed by atoms with van der Waals surface area (Å²) in [4.78, 5) is -0.0199. The Kier molecular flexibility index (Phi) is 3.94. The molecule has 0 spiro atoms. The van der Waals surface area contributed by atoms with Crippen LogP contribution in [-0.4, -0.2) is 23.4 Å². The average molecular weight is 358 g/mol. The molecule has 0 fully saturated rings. The van der Waals surface area contributed by atoms with Crippen molar-refractivity contribution in [3.05, 3.63) is 47.5 Å². The first-order chi connectivity index (χ1) is 11.8. The van der Waals surface area contributed by atoms with E-state index in [4.69, 9.17) is 15.5 Å². The van der Waals surface area contributed by atoms with Gasteiger partial charge in [-0.2, -0.15) is 10.4 Å². The number of anilines is 2. The van der Waals surface area contributed by atoms with Crippen molar-refractivity contribution in [2.24, 2.45) is 0 Å². The average Bonchev–Trinajstić information content (AvgIpc) is 3.10. The van der Waals surface area contributed by atoms with Crippen molar-refractivity contribution in [1.82, 2.24) is 14.9 Å². The number of hydrogen-bond acceptors (Lipinski definition) is 7. The molecule has 3 aromatic rings. The van der Waals surface area contributed by atoms with Crippen LogP contribution in [0.4, 0.5) is 11.5 Å². The first kappa shape index (κ1) is 16.5. The molecule has 0 aliphatic carbocycles. The summed E-state index contributed by atoms with van der Waals surface area (Å²) in [5, 5.41) is 16.7. The van der Waals surface area contributed by atoms with Gasteiger partial charge in [0.1, 0.15) is 23.1 Å². The summed E-state index contributed by atoms with van der Waals surface area (Å²) in [5.74, 6) is 0.305. The maximum atomic E-state index is 12.7. The molecule has 2 aromatic heterocycles. The van der Waals surface area contributed by atoms with Crippen molar-refractivity contribution < 1.29 is 12.9 Å². The molecule has 0 bridgehead atoms. The molecule has 128 valence electrons. The van der Waals surface area contributed by atoms with Crippen molar-refractivity contribution in [2.45, 2.75) is 18.7 Å². The van der Waals surface area contributed by atoms with Crippen LogP contribution in [0.5, 0.6) is 0 Å². The van der Waals surface area contributed by atoms with Gasteiger partial charge in [0.25, 0.3) is 10.0 Å². The molecule has 0 aliphatic heterocycles. The highest BCUT2D eigenvalue weighted by Gasteiger charge is 2.25. The van der Waals surface area contributed by atoms with Gasteiger partial charge < -0.3 is 10.3 Å². The summed E-state index contributed by atoms with van der Waals surface area (Å²) in [6, 6.07) is 8.50. The lowest BCUT2D eigenvalue weighted by Gasteiger charge is -2.13. The summed E-state index contributed by atoms with van der Waals surface area (Å²) in [5.41, 5.74) is 6.99. The predicted octanol–water partition coefficient (Wildman–Crippen LogP) is 1.73. The summed E-state index contributed by atoms with van der Waals surface area (Å²) >= 11 is 0. The quantitative estimate of drug-likeness (QED) is 0.723. The van der Waals surface area contributed by atoms with Crippen LogP contribution in [0.25, 0.3) is 5.69 Å². The Bertz CT molecular complexity index is 1070. The van der Waals surface area contributed by atoms with Gasteiger partial charge in [0.2, 0.25) is 0 Å². The van der Waals surface area contributed by atoms with Crippen molar-refractivity contribution in [3.8, 4) is 11.8 Å². The summed E-state index contributed by atoms with van der Waals surface area (Å²) in [7, 11) is -3.93. The fourth-order valence-electron chi connectivity index (χ4n) is 2.43. The highest BCUT2D eigenvalue weighted by molar-refractivity contribution is 7.92. The fourth-order valence-corrected chi connectivity index (χ4v) is 3.84. The van der Waals surface area contributed by atoms with Crippen LogP contribution >= 0.6 is 0 Å². The number of nitrogen functional groups attached to an aromatic ring is 1. The van der Waals surface area contributed by atoms with Gasteiger partial charge in [-0.15, -0.1) is 0 Å². The fraction of sp³-hybridized carbons (Fsp3) is 0.133. The molecule has 9 nitrogen and oxygen atoms in total. The minimum Gasteiger partial charge on any atom is -0.382 e. The van der Waals surface area contributed by atoms with Crippen molar-refractivity contribution in [1.29, 1.82) is 5.26 Å². The number of para-hydroxylation sites is 2. The van der Waals surface area contributed by atoms with Gasteiger partial charge >= 0.3 is 0 Å². The van der Waals surface area contributed by atoms with Crippen LogP contribution in [0, 0.1) is 25.2 Å². The van der Waals surface area contributed by atoms with E-state index in [0.717, 1.165) is 0 Å². The number of aromatic nitrogens is 3. The molecular weight excluding hydrogens is 344 g/mol. The number of aryl methyl sites for hydroxylation is 2. The molecule has 2 heterocycles. The number of rotatable bonds is 4. The molecule has 0 saturated carbocycles. The van der Waals surface area contributed by atoms with Crippen molar-refractivity contribution >= 4 is 21.5 Å². The van der Waals surface area contributed by atoms with E-state index in [1.165, 1.54) is 17.8 Å². The van der Waals surface area contributed by atoms with E-state index in [1.807, 2.05) is 6.07 Å². The Morgan fingerprint density at radius 2 is 2.04 bits per heavy atom. The smallest absolute Gasteiger partial charge is 0.267 e. The number of hydrogen-bond donors (Lipinski definition) is 2. The standard InChI is InChI=1S/C15H14N6O3S/c1-9-14(10(2)24-19-9)25(22,23)20-12-5-3-4-6-13(12)21-15(17)11(7-16)8-18-21/h3-6,8,20H,17H2,1-2H3. The highest BCUT2D eigenvalue weighted by atomic mass is 32.2. The number of nitrogens with one attached hydrogen (secondary N) is 1. The Balaban J connectivity index is 2.08. The van der Waals surface area contributed by atoms with Crippen LogP contribution in [0.1, 0.15) is 17.0 Å². The molecule has 25 heavy (non-hydrogen) atoms. The molecule has 0 aliphatic rings. The first-order valence-corrected chi connectivity index (χ1v) is 8.62. The first-order valence-electron chi connectivity index (χ1n) is 7.14. The van der Waals surface area contributed by atoms with E-state index < -0.39 is 10.0 Å². The minimum atomic E-state index is -3.93. The zero-order valence-electron chi connectivity index (χ0n) is 13.4. The van der Waals surface area contributed by atoms with Crippen molar-refractivity contribution in [2.75, 3.05) is 10.5 Å². The van der Waals surface area contributed by atoms with E-state index in [1.54, 1.807) is 31.2 Å². The highest BCUT2D eigenvalue weighted by Crippen LogP contribution is 2.27. The minimum absolute atomic E-state index is 0.0199. The van der Waals surface area contributed by atoms with Gasteiger partial charge in [-0.05, 0) is 26.0 Å². The lowest BCUT2D eigenvalue weighted by Crippen LogP contribution is -2.16. The van der Waals surface area contributed by atoms with Crippen LogP contribution in [-0.2, 0) is 10.0 Å². The summed E-state index contributed by atoms with van der Waals surface area (Å²) < 4.78 is 34.1. The second kappa shape index (κ2) is 5.95. The van der Waals surface area contributed by atoms with E-state index in [9.17, 15) is 8.42 Å². The maximum absolute atomic E-state index is 12.7. The molecule has 0 radical (unpaired) electrons. The van der Waals surface area contributed by atoms with Crippen LogP contribution in [0.2, 0.25) is 0 Å². The van der Waals surface area contributed by atoms with E-state index in [-0.39, 0.29) is 33.4 Å². The summed E-state index contributed by atoms with van der Waals surface area (Å²) in [6.07, 6.45) is 1.31. The molecule has 0 saturated heterocycles. The van der Waals surface area contributed by atoms with Gasteiger partial charge in [-0.25, -0.2) is 13.1 Å². The number of nitrogens with zero attached hydrogens (tertiary/aromatic N) is 4. The van der Waals surface area contributed by atoms with E-state index in [0.29, 0.717) is 5.69 Å². The van der Waals surface area contributed by atoms with E-state index in [2.05, 4.69) is 15.0 Å². The molecule has 0 atom stereocenters. The normalized spacial score (nSPS) is 11.2. The number of nitrogens with two attached hydrogens (primary N) is 1. The monoisotopic (exact) mass is 358 g/mol. The van der Waals surface area contributed by atoms with Crippen LogP contribution in [0.15, 0.2) is 39.9 Å². The lowest BCUT2D eigenvalue weighted by atomic mass is 10.2. The third kappa shape index (κ3) is 2.81. The second-order valence-electron chi connectivity index (χ2n) is 5.24. The van der Waals surface area contributed by atoms with Gasteiger partial charge in [-0.3, -0.25) is 4.72 Å². The third-order valence-corrected chi connectivity index (χ3v) is 5.15. The SMILES string of the molecule is Cc1noc(C)c1S(=O)(=O)Nc1ccccc1-n1ncc(C#N)c1N. The number of benzene rings is 1. The van der Waals surface area contributed by atoms with Gasteiger partial charge in [-0.1, -0.05) is 17.3 Å². The number of sulfonamides is 1. The van der Waals surface area contributed by atoms with Gasteiger partial charge in [0.05, 0.1) is 17.6 Å². The Morgan fingerprint density at radius 3 is 2.64 bits per heavy atom. The van der Waals surface area contributed by atoms with Gasteiger partial charge in [0, 0.05) is 0 Å². The van der Waals surface area contributed by atoms with Crippen LogP contribution < -0.4 is 10.5 Å². The zero-order chi connectivity index (χ0) is 18.2.